The highest BCUT2D eigenvalue weighted by atomic mass is 32.2. The van der Waals surface area contributed by atoms with Gasteiger partial charge in [0.05, 0.1) is 7.11 Å². The molecule has 1 N–H and O–H groups in total. The van der Waals surface area contributed by atoms with Gasteiger partial charge in [0.2, 0.25) is 10.0 Å². The average Bonchev–Trinajstić information content (AvgIpc) is 3.51. The number of nitrogens with one attached hydrogen (secondary N) is 1. The number of benzene rings is 2. The molecule has 1 aromatic heterocycles. The Labute approximate surface area is 186 Å². The van der Waals surface area contributed by atoms with Crippen molar-refractivity contribution >= 4 is 27.0 Å². The number of carbonyl (C=O) groups excluding carboxylic acids is 1. The number of sulfonamides is 1. The van der Waals surface area contributed by atoms with E-state index in [1.165, 1.54) is 13.2 Å². The lowest BCUT2D eigenvalue weighted by molar-refractivity contribution is 0.0706. The second-order valence-corrected chi connectivity index (χ2v) is 10.0. The van der Waals surface area contributed by atoms with Crippen LogP contribution in [0.5, 0.6) is 5.75 Å². The minimum absolute atomic E-state index is 0.000823. The summed E-state index contributed by atoms with van der Waals surface area (Å²) < 4.78 is 39.3. The number of hydrogen-bond acceptors (Lipinski definition) is 6. The molecule has 5 rings (SSSR count). The van der Waals surface area contributed by atoms with Gasteiger partial charge in [0.25, 0.3) is 5.91 Å². The number of ether oxygens (including phenoxy) is 1. The van der Waals surface area contributed by atoms with Gasteiger partial charge in [-0.2, -0.15) is 0 Å². The fourth-order valence-electron chi connectivity index (χ4n) is 4.08. The van der Waals surface area contributed by atoms with Gasteiger partial charge in [0.1, 0.15) is 16.2 Å². The van der Waals surface area contributed by atoms with Crippen molar-refractivity contribution in [2.45, 2.75) is 42.5 Å². The monoisotopic (exact) mass is 455 g/mol. The highest BCUT2D eigenvalue weighted by Gasteiger charge is 2.32. The van der Waals surface area contributed by atoms with Gasteiger partial charge in [-0.1, -0.05) is 12.1 Å². The molecule has 3 aromatic rings. The van der Waals surface area contributed by atoms with Crippen molar-refractivity contribution in [1.82, 2.24) is 14.6 Å². The number of methoxy groups -OCH3 is 1. The first-order chi connectivity index (χ1) is 15.4. The third-order valence-electron chi connectivity index (χ3n) is 6.04. The zero-order chi connectivity index (χ0) is 22.3. The van der Waals surface area contributed by atoms with Gasteiger partial charge >= 0.3 is 0 Å². The number of rotatable bonds is 6. The van der Waals surface area contributed by atoms with Crippen LogP contribution >= 0.6 is 0 Å². The fourth-order valence-corrected chi connectivity index (χ4v) is 5.58. The number of para-hydroxylation sites is 2. The van der Waals surface area contributed by atoms with Crippen LogP contribution in [0.15, 0.2) is 51.8 Å². The number of likely N-dealkylation sites (tertiary alicyclic amines) is 1. The Balaban J connectivity index is 1.31. The molecule has 32 heavy (non-hydrogen) atoms. The summed E-state index contributed by atoms with van der Waals surface area (Å²) in [6.07, 6.45) is 3.14. The predicted octanol–water partition coefficient (Wildman–Crippen LogP) is 3.30. The molecule has 1 saturated heterocycles. The molecule has 1 saturated carbocycles. The highest BCUT2D eigenvalue weighted by molar-refractivity contribution is 7.89. The van der Waals surface area contributed by atoms with Crippen LogP contribution in [-0.2, 0) is 10.0 Å². The molecule has 2 aliphatic rings. The van der Waals surface area contributed by atoms with E-state index in [0.717, 1.165) is 36.8 Å². The molecule has 0 atom stereocenters. The van der Waals surface area contributed by atoms with Crippen LogP contribution in [-0.4, -0.2) is 50.5 Å². The zero-order valence-corrected chi connectivity index (χ0v) is 18.6. The van der Waals surface area contributed by atoms with Crippen molar-refractivity contribution in [1.29, 1.82) is 0 Å². The molecule has 1 aliphatic carbocycles. The first-order valence-corrected chi connectivity index (χ1v) is 12.3. The lowest BCUT2D eigenvalue weighted by Gasteiger charge is -2.30. The van der Waals surface area contributed by atoms with Crippen molar-refractivity contribution in [2.24, 2.45) is 0 Å². The van der Waals surface area contributed by atoms with E-state index in [9.17, 15) is 13.2 Å². The Bertz CT molecular complexity index is 1220. The number of aromatic nitrogens is 1. The molecule has 2 fully saturated rings. The van der Waals surface area contributed by atoms with E-state index in [0.29, 0.717) is 24.5 Å². The number of oxazole rings is 1. The summed E-state index contributed by atoms with van der Waals surface area (Å²) in [5.74, 6) is 0.902. The molecular formula is C23H25N3O5S. The highest BCUT2D eigenvalue weighted by Crippen LogP contribution is 2.32. The van der Waals surface area contributed by atoms with Gasteiger partial charge in [0, 0.05) is 30.6 Å². The zero-order valence-electron chi connectivity index (χ0n) is 17.8. The van der Waals surface area contributed by atoms with Crippen LogP contribution < -0.4 is 9.46 Å². The summed E-state index contributed by atoms with van der Waals surface area (Å²) in [4.78, 5) is 19.5. The molecule has 0 bridgehead atoms. The van der Waals surface area contributed by atoms with E-state index < -0.39 is 10.0 Å². The molecule has 1 amide bonds. The molecule has 168 valence electrons. The molecular weight excluding hydrogens is 430 g/mol. The standard InChI is InChI=1S/C23H25N3O5S/c1-30-20-9-6-16(14-21(20)32(28,29)25-17-7-8-17)23(27)26-12-10-15(11-13-26)22-24-18-4-2-3-5-19(18)31-22/h2-6,9,14-15,17,25H,7-8,10-13H2,1H3. The number of piperidine rings is 1. The lowest BCUT2D eigenvalue weighted by Crippen LogP contribution is -2.38. The number of carbonyl (C=O) groups is 1. The van der Waals surface area contributed by atoms with Crippen LogP contribution in [0.2, 0.25) is 0 Å². The SMILES string of the molecule is COc1ccc(C(=O)N2CCC(c3nc4ccccc4o3)CC2)cc1S(=O)(=O)NC1CC1. The summed E-state index contributed by atoms with van der Waals surface area (Å²) in [6, 6.07) is 12.2. The minimum Gasteiger partial charge on any atom is -0.495 e. The number of fused-ring (bicyclic) bond motifs is 1. The second kappa shape index (κ2) is 8.22. The van der Waals surface area contributed by atoms with Crippen LogP contribution in [0.3, 0.4) is 0 Å². The van der Waals surface area contributed by atoms with E-state index >= 15 is 0 Å². The number of amides is 1. The van der Waals surface area contributed by atoms with E-state index in [4.69, 9.17) is 9.15 Å². The second-order valence-electron chi connectivity index (χ2n) is 8.35. The number of hydrogen-bond donors (Lipinski definition) is 1. The third-order valence-corrected chi connectivity index (χ3v) is 7.58. The first kappa shape index (κ1) is 21.0. The van der Waals surface area contributed by atoms with Crippen LogP contribution in [0.4, 0.5) is 0 Å². The molecule has 1 aliphatic heterocycles. The van der Waals surface area contributed by atoms with Crippen molar-refractivity contribution in [3.8, 4) is 5.75 Å². The maximum atomic E-state index is 13.1. The molecule has 0 radical (unpaired) electrons. The molecule has 2 aromatic carbocycles. The third kappa shape index (κ3) is 4.10. The van der Waals surface area contributed by atoms with Crippen LogP contribution in [0.25, 0.3) is 11.1 Å². The van der Waals surface area contributed by atoms with Gasteiger partial charge in [-0.3, -0.25) is 4.79 Å². The Hall–Kier alpha value is -2.91. The molecule has 9 heteroatoms. The number of nitrogens with zero attached hydrogens (tertiary/aromatic N) is 2. The Morgan fingerprint density at radius 2 is 1.88 bits per heavy atom. The summed E-state index contributed by atoms with van der Waals surface area (Å²) in [6.45, 7) is 1.10. The Morgan fingerprint density at radius 1 is 1.12 bits per heavy atom. The summed E-state index contributed by atoms with van der Waals surface area (Å²) in [5.41, 5.74) is 1.95. The van der Waals surface area contributed by atoms with Crippen LogP contribution in [0, 0.1) is 0 Å². The van der Waals surface area contributed by atoms with E-state index in [1.807, 2.05) is 24.3 Å². The molecule has 0 unspecified atom stereocenters. The van der Waals surface area contributed by atoms with E-state index in [1.54, 1.807) is 17.0 Å². The quantitative estimate of drug-likeness (QED) is 0.612. The predicted molar refractivity (Wildman–Crippen MR) is 118 cm³/mol. The van der Waals surface area contributed by atoms with Gasteiger partial charge in [-0.25, -0.2) is 18.1 Å². The molecule has 0 spiro atoms. The summed E-state index contributed by atoms with van der Waals surface area (Å²) >= 11 is 0. The molecule has 8 nitrogen and oxygen atoms in total. The largest absolute Gasteiger partial charge is 0.495 e. The smallest absolute Gasteiger partial charge is 0.253 e. The Kier molecular flexibility index (Phi) is 5.38. The topological polar surface area (TPSA) is 102 Å². The van der Waals surface area contributed by atoms with Gasteiger partial charge in [-0.05, 0) is 56.0 Å². The minimum atomic E-state index is -3.75. The van der Waals surface area contributed by atoms with Gasteiger partial charge in [-0.15, -0.1) is 0 Å². The van der Waals surface area contributed by atoms with Gasteiger partial charge < -0.3 is 14.1 Å². The maximum Gasteiger partial charge on any atom is 0.253 e. The van der Waals surface area contributed by atoms with Crippen molar-refractivity contribution in [3.63, 3.8) is 0 Å². The van der Waals surface area contributed by atoms with Crippen LogP contribution in [0.1, 0.15) is 47.8 Å². The summed E-state index contributed by atoms with van der Waals surface area (Å²) in [7, 11) is -2.33. The molecule has 2 heterocycles. The van der Waals surface area contributed by atoms with Gasteiger partial charge in [0.15, 0.2) is 11.5 Å². The normalized spacial score (nSPS) is 17.6. The Morgan fingerprint density at radius 3 is 2.56 bits per heavy atom. The van der Waals surface area contributed by atoms with Crippen molar-refractivity contribution in [3.05, 3.63) is 53.9 Å². The lowest BCUT2D eigenvalue weighted by atomic mass is 9.96. The maximum absolute atomic E-state index is 13.1. The van der Waals surface area contributed by atoms with E-state index in [2.05, 4.69) is 9.71 Å². The summed E-state index contributed by atoms with van der Waals surface area (Å²) in [5, 5.41) is 0. The van der Waals surface area contributed by atoms with Crippen molar-refractivity contribution in [2.75, 3.05) is 20.2 Å². The fraction of sp³-hybridized carbons (Fsp3) is 0.391. The van der Waals surface area contributed by atoms with E-state index in [-0.39, 0.29) is 28.5 Å². The first-order valence-electron chi connectivity index (χ1n) is 10.8. The average molecular weight is 456 g/mol. The van der Waals surface area contributed by atoms with Crippen molar-refractivity contribution < 1.29 is 22.4 Å².